The molecule has 2 heterocycles. The summed E-state index contributed by atoms with van der Waals surface area (Å²) in [6.07, 6.45) is 3.39. The third kappa shape index (κ3) is 5.84. The molecular weight excluding hydrogens is 458 g/mol. The second-order valence-corrected chi connectivity index (χ2v) is 9.88. The molecule has 6 heteroatoms. The Morgan fingerprint density at radius 1 is 0.886 bits per heavy atom. The Hall–Kier alpha value is -3.35. The largest absolute Gasteiger partial charge is 0.492 e. The van der Waals surface area contributed by atoms with Crippen molar-refractivity contribution in [2.75, 3.05) is 32.8 Å². The van der Waals surface area contributed by atoms with Crippen LogP contribution in [0.25, 0.3) is 20.5 Å². The van der Waals surface area contributed by atoms with Crippen LogP contribution in [0.15, 0.2) is 72.8 Å². The maximum absolute atomic E-state index is 10.7. The average molecular weight is 488 g/mol. The molecule has 1 fully saturated rings. The Kier molecular flexibility index (Phi) is 7.31. The predicted octanol–water partition coefficient (Wildman–Crippen LogP) is 6.10. The highest BCUT2D eigenvalue weighted by molar-refractivity contribution is 7.22. The molecular formula is C29H29NO4S. The van der Waals surface area contributed by atoms with Crippen molar-refractivity contribution < 1.29 is 19.4 Å². The van der Waals surface area contributed by atoms with Gasteiger partial charge in [-0.15, -0.1) is 11.3 Å². The topological polar surface area (TPSA) is 59.0 Å². The number of hydrogen-bond acceptors (Lipinski definition) is 5. The molecule has 5 rings (SSSR count). The van der Waals surface area contributed by atoms with Crippen molar-refractivity contribution in [3.8, 4) is 21.9 Å². The summed E-state index contributed by atoms with van der Waals surface area (Å²) in [7, 11) is 0. The molecule has 0 radical (unpaired) electrons. The van der Waals surface area contributed by atoms with Gasteiger partial charge in [0.05, 0.1) is 0 Å². The van der Waals surface area contributed by atoms with E-state index in [0.29, 0.717) is 5.75 Å². The smallest absolute Gasteiger partial charge is 0.341 e. The Morgan fingerprint density at radius 2 is 1.57 bits per heavy atom. The Balaban J connectivity index is 1.33. The maximum atomic E-state index is 10.7. The Labute approximate surface area is 209 Å². The lowest BCUT2D eigenvalue weighted by Crippen LogP contribution is -2.25. The summed E-state index contributed by atoms with van der Waals surface area (Å²) in [5.74, 6) is 0.492. The summed E-state index contributed by atoms with van der Waals surface area (Å²) < 4.78 is 12.5. The van der Waals surface area contributed by atoms with Crippen LogP contribution in [0.1, 0.15) is 24.0 Å². The van der Waals surface area contributed by atoms with Crippen molar-refractivity contribution >= 4 is 27.4 Å². The molecule has 1 N–H and O–H groups in total. The van der Waals surface area contributed by atoms with Crippen molar-refractivity contribution in [1.29, 1.82) is 0 Å². The fraction of sp³-hybridized carbons (Fsp3) is 0.276. The fourth-order valence-electron chi connectivity index (χ4n) is 4.56. The number of hydrogen-bond donors (Lipinski definition) is 1. The van der Waals surface area contributed by atoms with E-state index in [1.165, 1.54) is 52.0 Å². The highest BCUT2D eigenvalue weighted by Gasteiger charge is 2.15. The van der Waals surface area contributed by atoms with E-state index >= 15 is 0 Å². The molecule has 35 heavy (non-hydrogen) atoms. The number of carboxylic acid groups (broad SMARTS) is 1. The lowest BCUT2D eigenvalue weighted by molar-refractivity contribution is -0.139. The van der Waals surface area contributed by atoms with Gasteiger partial charge in [0.1, 0.15) is 18.1 Å². The minimum absolute atomic E-state index is 0.337. The molecule has 1 saturated heterocycles. The number of ether oxygens (including phenoxy) is 2. The molecule has 180 valence electrons. The number of carbonyl (C=O) groups is 1. The van der Waals surface area contributed by atoms with E-state index in [4.69, 9.17) is 14.6 Å². The fourth-order valence-corrected chi connectivity index (χ4v) is 5.79. The second kappa shape index (κ2) is 10.9. The summed E-state index contributed by atoms with van der Waals surface area (Å²) in [6.45, 7) is 3.75. The number of nitrogens with zero attached hydrogens (tertiary/aromatic N) is 1. The van der Waals surface area contributed by atoms with Crippen LogP contribution < -0.4 is 9.47 Å². The van der Waals surface area contributed by atoms with Gasteiger partial charge in [0.25, 0.3) is 0 Å². The first kappa shape index (κ1) is 23.4. The molecule has 0 saturated carbocycles. The number of rotatable bonds is 10. The van der Waals surface area contributed by atoms with Crippen LogP contribution in [0, 0.1) is 0 Å². The van der Waals surface area contributed by atoms with Crippen molar-refractivity contribution in [1.82, 2.24) is 4.90 Å². The van der Waals surface area contributed by atoms with Gasteiger partial charge in [-0.2, -0.15) is 0 Å². The first-order valence-corrected chi connectivity index (χ1v) is 12.9. The van der Waals surface area contributed by atoms with E-state index in [0.717, 1.165) is 30.9 Å². The minimum atomic E-state index is -0.980. The highest BCUT2D eigenvalue weighted by atomic mass is 32.1. The van der Waals surface area contributed by atoms with E-state index < -0.39 is 5.97 Å². The zero-order valence-corrected chi connectivity index (χ0v) is 20.4. The zero-order valence-electron chi connectivity index (χ0n) is 19.6. The molecule has 1 aliphatic rings. The summed E-state index contributed by atoms with van der Waals surface area (Å²) in [5, 5.41) is 10.1. The van der Waals surface area contributed by atoms with Crippen LogP contribution in [0.4, 0.5) is 0 Å². The van der Waals surface area contributed by atoms with Crippen molar-refractivity contribution in [2.45, 2.75) is 19.3 Å². The molecule has 0 amide bonds. The number of likely N-dealkylation sites (tertiary alicyclic amines) is 1. The zero-order chi connectivity index (χ0) is 24.0. The third-order valence-corrected chi connectivity index (χ3v) is 7.62. The first-order valence-electron chi connectivity index (χ1n) is 12.1. The van der Waals surface area contributed by atoms with Gasteiger partial charge in [0, 0.05) is 16.1 Å². The summed E-state index contributed by atoms with van der Waals surface area (Å²) >= 11 is 1.81. The summed E-state index contributed by atoms with van der Waals surface area (Å²) in [4.78, 5) is 14.5. The van der Waals surface area contributed by atoms with Crippen LogP contribution in [-0.4, -0.2) is 48.8 Å². The van der Waals surface area contributed by atoms with Gasteiger partial charge >= 0.3 is 5.97 Å². The molecule has 0 aliphatic carbocycles. The van der Waals surface area contributed by atoms with E-state index in [-0.39, 0.29) is 6.61 Å². The normalized spacial score (nSPS) is 13.8. The van der Waals surface area contributed by atoms with Gasteiger partial charge in [0.2, 0.25) is 0 Å². The number of benzene rings is 3. The number of fused-ring (bicyclic) bond motifs is 1. The highest BCUT2D eigenvalue weighted by Crippen LogP contribution is 2.40. The molecule has 0 spiro atoms. The Bertz CT molecular complexity index is 1270. The summed E-state index contributed by atoms with van der Waals surface area (Å²) in [5.41, 5.74) is 3.64. The monoisotopic (exact) mass is 487 g/mol. The number of aliphatic carboxylic acids is 1. The third-order valence-electron chi connectivity index (χ3n) is 6.36. The Morgan fingerprint density at radius 3 is 2.31 bits per heavy atom. The van der Waals surface area contributed by atoms with Crippen LogP contribution >= 0.6 is 11.3 Å². The quantitative estimate of drug-likeness (QED) is 0.293. The standard InChI is InChI=1S/C29H29NO4S/c31-28(32)20-34-24-11-7-21(8-12-24)19-26-25-5-1-2-6-27(25)35-29(26)22-9-13-23(14-10-22)33-18-17-30-15-3-4-16-30/h1-2,5-14H,3-4,15-20H2,(H,31,32). The van der Waals surface area contributed by atoms with Gasteiger partial charge in [-0.1, -0.05) is 30.3 Å². The lowest BCUT2D eigenvalue weighted by atomic mass is 9.99. The molecule has 0 atom stereocenters. The number of carboxylic acids is 1. The molecule has 0 unspecified atom stereocenters. The van der Waals surface area contributed by atoms with Crippen molar-refractivity contribution in [3.05, 3.63) is 83.9 Å². The maximum Gasteiger partial charge on any atom is 0.341 e. The van der Waals surface area contributed by atoms with E-state index in [9.17, 15) is 4.79 Å². The SMILES string of the molecule is O=C(O)COc1ccc(Cc2c(-c3ccc(OCCN4CCCC4)cc3)sc3ccccc23)cc1. The number of thiophene rings is 1. The van der Waals surface area contributed by atoms with Crippen LogP contribution in [0.3, 0.4) is 0 Å². The molecule has 1 aromatic heterocycles. The van der Waals surface area contributed by atoms with Crippen molar-refractivity contribution in [2.24, 2.45) is 0 Å². The van der Waals surface area contributed by atoms with Gasteiger partial charge in [-0.05, 0) is 96.9 Å². The van der Waals surface area contributed by atoms with E-state index in [1.54, 1.807) is 0 Å². The van der Waals surface area contributed by atoms with Crippen LogP contribution in [0.5, 0.6) is 11.5 Å². The van der Waals surface area contributed by atoms with E-state index in [1.807, 2.05) is 35.6 Å². The van der Waals surface area contributed by atoms with Crippen LogP contribution in [0.2, 0.25) is 0 Å². The second-order valence-electron chi connectivity index (χ2n) is 8.83. The molecule has 5 nitrogen and oxygen atoms in total. The van der Waals surface area contributed by atoms with Gasteiger partial charge in [-0.25, -0.2) is 4.79 Å². The molecule has 3 aromatic carbocycles. The molecule has 1 aliphatic heterocycles. The minimum Gasteiger partial charge on any atom is -0.492 e. The first-order chi connectivity index (χ1) is 17.2. The lowest BCUT2D eigenvalue weighted by Gasteiger charge is -2.15. The van der Waals surface area contributed by atoms with E-state index in [2.05, 4.69) is 53.4 Å². The van der Waals surface area contributed by atoms with Gasteiger partial charge < -0.3 is 14.6 Å². The predicted molar refractivity (Wildman–Crippen MR) is 141 cm³/mol. The van der Waals surface area contributed by atoms with Crippen molar-refractivity contribution in [3.63, 3.8) is 0 Å². The van der Waals surface area contributed by atoms with Crippen LogP contribution in [-0.2, 0) is 11.2 Å². The van der Waals surface area contributed by atoms with Gasteiger partial charge in [-0.3, -0.25) is 4.90 Å². The molecule has 4 aromatic rings. The average Bonchev–Trinajstić information content (AvgIpc) is 3.52. The summed E-state index contributed by atoms with van der Waals surface area (Å²) in [6, 6.07) is 24.7. The van der Waals surface area contributed by atoms with Gasteiger partial charge in [0.15, 0.2) is 6.61 Å². The molecule has 0 bridgehead atoms.